The Morgan fingerprint density at radius 1 is 0.846 bits per heavy atom. The second kappa shape index (κ2) is 15.3. The summed E-state index contributed by atoms with van der Waals surface area (Å²) in [6.45, 7) is 7.40. The summed E-state index contributed by atoms with van der Waals surface area (Å²) in [6, 6.07) is 11.4. The maximum absolute atomic E-state index is 14.1. The SMILES string of the molecule is Cc1cc(C[C@@H](OC(=O)N2CCC(N3CCc4ccccc4NC3=O)CC2)C(=O)N2CCC(C3CCN(S(=O)(=O)C4CC4)CC3)CC2)cc(C)c1O. The fourth-order valence-electron chi connectivity index (χ4n) is 8.82. The molecule has 2 aromatic rings. The summed E-state index contributed by atoms with van der Waals surface area (Å²) in [5.74, 6) is 0.876. The van der Waals surface area contributed by atoms with Gasteiger partial charge in [-0.15, -0.1) is 0 Å². The summed E-state index contributed by atoms with van der Waals surface area (Å²) in [4.78, 5) is 46.3. The van der Waals surface area contributed by atoms with E-state index in [0.717, 1.165) is 61.8 Å². The molecule has 0 spiro atoms. The van der Waals surface area contributed by atoms with Gasteiger partial charge in [-0.2, -0.15) is 0 Å². The number of piperidine rings is 3. The Bertz CT molecular complexity index is 1730. The molecule has 1 saturated carbocycles. The van der Waals surface area contributed by atoms with E-state index in [1.165, 1.54) is 0 Å². The van der Waals surface area contributed by atoms with Gasteiger partial charge < -0.3 is 29.9 Å². The molecule has 5 aliphatic rings. The number of rotatable bonds is 8. The molecule has 4 heterocycles. The van der Waals surface area contributed by atoms with Gasteiger partial charge in [-0.1, -0.05) is 30.3 Å². The minimum absolute atomic E-state index is 0.00475. The standard InChI is InChI=1S/C39H53N5O7S/c1-26-23-28(24-27(2)36(26)45)25-35(37(46)41-16-9-29(10-17-41)30-11-20-43(21-12-30)52(49,50)33-7-8-33)51-39(48)42-18-14-32(15-19-42)44-22-13-31-5-3-4-6-34(31)40-38(44)47/h3-6,23-24,29-30,32-33,35,45H,7-22,25H2,1-2H3,(H,40,47)/t35-/m1/s1. The first kappa shape index (κ1) is 36.5. The number of carbonyl (C=O) groups excluding carboxylic acids is 3. The van der Waals surface area contributed by atoms with Crippen LogP contribution in [-0.4, -0.2) is 114 Å². The maximum atomic E-state index is 14.1. The number of carbonyl (C=O) groups is 3. The largest absolute Gasteiger partial charge is 0.507 e. The second-order valence-corrected chi connectivity index (χ2v) is 17.8. The van der Waals surface area contributed by atoms with Crippen LogP contribution in [0.2, 0.25) is 0 Å². The van der Waals surface area contributed by atoms with Crippen LogP contribution < -0.4 is 5.32 Å². The average molecular weight is 736 g/mol. The van der Waals surface area contributed by atoms with Gasteiger partial charge >= 0.3 is 12.1 Å². The lowest BCUT2D eigenvalue weighted by Crippen LogP contribution is -2.52. The van der Waals surface area contributed by atoms with Gasteiger partial charge in [0.25, 0.3) is 5.91 Å². The van der Waals surface area contributed by atoms with Gasteiger partial charge in [0.2, 0.25) is 10.0 Å². The first-order chi connectivity index (χ1) is 25.0. The molecule has 0 unspecified atom stereocenters. The zero-order valence-electron chi connectivity index (χ0n) is 30.5. The number of phenolic OH excluding ortho intramolecular Hbond substituents is 1. The Kier molecular flexibility index (Phi) is 10.7. The molecular formula is C39H53N5O7S. The van der Waals surface area contributed by atoms with E-state index in [1.807, 2.05) is 60.0 Å². The van der Waals surface area contributed by atoms with E-state index in [9.17, 15) is 27.9 Å². The minimum atomic E-state index is -3.14. The second-order valence-electron chi connectivity index (χ2n) is 15.5. The molecular weight excluding hydrogens is 683 g/mol. The highest BCUT2D eigenvalue weighted by Crippen LogP contribution is 2.37. The lowest BCUT2D eigenvalue weighted by Gasteiger charge is -2.41. The summed E-state index contributed by atoms with van der Waals surface area (Å²) in [7, 11) is -3.14. The van der Waals surface area contributed by atoms with Crippen molar-refractivity contribution in [2.24, 2.45) is 11.8 Å². The first-order valence-electron chi connectivity index (χ1n) is 19.2. The minimum Gasteiger partial charge on any atom is -0.507 e. The predicted octanol–water partition coefficient (Wildman–Crippen LogP) is 5.05. The molecule has 282 valence electrons. The van der Waals surface area contributed by atoms with Gasteiger partial charge in [0.15, 0.2) is 6.10 Å². The third-order valence-corrected chi connectivity index (χ3v) is 14.5. The van der Waals surface area contributed by atoms with Crippen LogP contribution in [0.4, 0.5) is 15.3 Å². The Morgan fingerprint density at radius 2 is 1.44 bits per heavy atom. The third-order valence-electron chi connectivity index (χ3n) is 12.1. The summed E-state index contributed by atoms with van der Waals surface area (Å²) in [5, 5.41) is 13.2. The number of benzene rings is 2. The highest BCUT2D eigenvalue weighted by atomic mass is 32.2. The number of likely N-dealkylation sites (tertiary alicyclic amines) is 2. The van der Waals surface area contributed by atoms with E-state index in [2.05, 4.69) is 5.32 Å². The Labute approximate surface area is 307 Å². The van der Waals surface area contributed by atoms with Crippen LogP contribution in [0.3, 0.4) is 0 Å². The van der Waals surface area contributed by atoms with Crippen LogP contribution in [-0.2, 0) is 32.4 Å². The molecule has 52 heavy (non-hydrogen) atoms. The van der Waals surface area contributed by atoms with Crippen molar-refractivity contribution >= 4 is 33.7 Å². The molecule has 0 radical (unpaired) electrons. The third kappa shape index (κ3) is 7.90. The zero-order valence-corrected chi connectivity index (χ0v) is 31.3. The number of fused-ring (bicyclic) bond motifs is 1. The number of ether oxygens (including phenoxy) is 1. The van der Waals surface area contributed by atoms with Crippen molar-refractivity contribution in [1.29, 1.82) is 0 Å². The van der Waals surface area contributed by atoms with E-state index in [0.29, 0.717) is 81.6 Å². The number of amides is 4. The fraction of sp³-hybridized carbons (Fsp3) is 0.615. The number of nitrogens with one attached hydrogen (secondary N) is 1. The van der Waals surface area contributed by atoms with E-state index in [1.54, 1.807) is 9.21 Å². The van der Waals surface area contributed by atoms with Crippen molar-refractivity contribution in [2.45, 2.75) is 95.5 Å². The summed E-state index contributed by atoms with van der Waals surface area (Å²) in [6.07, 6.45) is 5.61. The van der Waals surface area contributed by atoms with Crippen LogP contribution >= 0.6 is 0 Å². The number of nitrogens with zero attached hydrogens (tertiary/aromatic N) is 4. The summed E-state index contributed by atoms with van der Waals surface area (Å²) < 4.78 is 33.2. The Balaban J connectivity index is 0.959. The van der Waals surface area contributed by atoms with Crippen LogP contribution in [0, 0.1) is 25.7 Å². The number of hydrogen-bond acceptors (Lipinski definition) is 7. The van der Waals surface area contributed by atoms with E-state index in [-0.39, 0.29) is 35.4 Å². The van der Waals surface area contributed by atoms with Gasteiger partial charge in [-0.3, -0.25) is 4.79 Å². The van der Waals surface area contributed by atoms with Gasteiger partial charge in [-0.05, 0) is 112 Å². The topological polar surface area (TPSA) is 140 Å². The van der Waals surface area contributed by atoms with Gasteiger partial charge in [-0.25, -0.2) is 22.3 Å². The van der Waals surface area contributed by atoms with Crippen LogP contribution in [0.1, 0.15) is 73.6 Å². The highest BCUT2D eigenvalue weighted by Gasteiger charge is 2.43. The number of aromatic hydroxyl groups is 1. The van der Waals surface area contributed by atoms with Crippen molar-refractivity contribution in [1.82, 2.24) is 19.0 Å². The molecule has 4 amide bonds. The number of aryl methyl sites for hydroxylation is 2. The monoisotopic (exact) mass is 735 g/mol. The summed E-state index contributed by atoms with van der Waals surface area (Å²) in [5.41, 5.74) is 4.17. The van der Waals surface area contributed by atoms with E-state index < -0.39 is 22.2 Å². The molecule has 4 fully saturated rings. The number of urea groups is 1. The first-order valence-corrected chi connectivity index (χ1v) is 20.7. The van der Waals surface area contributed by atoms with Crippen molar-refractivity contribution in [2.75, 3.05) is 51.1 Å². The molecule has 0 aromatic heterocycles. The van der Waals surface area contributed by atoms with E-state index >= 15 is 0 Å². The van der Waals surface area contributed by atoms with Gasteiger partial charge in [0, 0.05) is 64.0 Å². The smallest absolute Gasteiger partial charge is 0.410 e. The predicted molar refractivity (Wildman–Crippen MR) is 198 cm³/mol. The summed E-state index contributed by atoms with van der Waals surface area (Å²) >= 11 is 0. The fourth-order valence-corrected chi connectivity index (χ4v) is 10.7. The highest BCUT2D eigenvalue weighted by molar-refractivity contribution is 7.90. The lowest BCUT2D eigenvalue weighted by atomic mass is 9.79. The average Bonchev–Trinajstić information content (AvgIpc) is 4.02. The number of anilines is 1. The molecule has 2 N–H and O–H groups in total. The van der Waals surface area contributed by atoms with Crippen molar-refractivity contribution in [3.05, 3.63) is 58.7 Å². The molecule has 4 aliphatic heterocycles. The maximum Gasteiger partial charge on any atom is 0.410 e. The van der Waals surface area contributed by atoms with E-state index in [4.69, 9.17) is 4.74 Å². The molecule has 1 aliphatic carbocycles. The number of hydrogen-bond donors (Lipinski definition) is 2. The normalized spacial score (nSPS) is 22.0. The van der Waals surface area contributed by atoms with Crippen LogP contribution in [0.15, 0.2) is 36.4 Å². The van der Waals surface area contributed by atoms with Crippen molar-refractivity contribution < 1.29 is 32.6 Å². The molecule has 7 rings (SSSR count). The van der Waals surface area contributed by atoms with Gasteiger partial charge in [0.1, 0.15) is 5.75 Å². The molecule has 12 nitrogen and oxygen atoms in total. The lowest BCUT2D eigenvalue weighted by molar-refractivity contribution is -0.142. The zero-order chi connectivity index (χ0) is 36.6. The number of para-hydroxylation sites is 1. The number of phenols is 1. The van der Waals surface area contributed by atoms with Crippen LogP contribution in [0.25, 0.3) is 0 Å². The molecule has 13 heteroatoms. The van der Waals surface area contributed by atoms with Crippen molar-refractivity contribution in [3.8, 4) is 5.75 Å². The number of sulfonamides is 1. The quantitative estimate of drug-likeness (QED) is 0.387. The molecule has 0 bridgehead atoms. The molecule has 2 aromatic carbocycles. The van der Waals surface area contributed by atoms with Gasteiger partial charge in [0.05, 0.1) is 5.25 Å². The Hall–Kier alpha value is -3.84. The van der Waals surface area contributed by atoms with Crippen molar-refractivity contribution in [3.63, 3.8) is 0 Å². The Morgan fingerprint density at radius 3 is 2.08 bits per heavy atom. The van der Waals surface area contributed by atoms with Crippen LogP contribution in [0.5, 0.6) is 5.75 Å². The molecule has 3 saturated heterocycles. The molecule has 1 atom stereocenters.